The monoisotopic (exact) mass is 488 g/mol. The van der Waals surface area contributed by atoms with E-state index >= 15 is 0 Å². The number of hydrogen-bond acceptors (Lipinski definition) is 7. The molecule has 2 amide bonds. The Hall–Kier alpha value is -2.65. The van der Waals surface area contributed by atoms with Gasteiger partial charge < -0.3 is 25.0 Å². The van der Waals surface area contributed by atoms with E-state index in [-0.39, 0.29) is 35.1 Å². The molecule has 2 N–H and O–H groups in total. The zero-order valence-corrected chi connectivity index (χ0v) is 21.9. The van der Waals surface area contributed by atoms with Crippen LogP contribution in [0.4, 0.5) is 9.93 Å². The van der Waals surface area contributed by atoms with E-state index in [0.717, 1.165) is 22.0 Å². The van der Waals surface area contributed by atoms with Crippen LogP contribution in [0.1, 0.15) is 51.4 Å². The summed E-state index contributed by atoms with van der Waals surface area (Å²) >= 11 is 1.57. The third kappa shape index (κ3) is 6.70. The minimum Gasteiger partial charge on any atom is -0.465 e. The van der Waals surface area contributed by atoms with Crippen molar-refractivity contribution in [2.24, 2.45) is 5.41 Å². The van der Waals surface area contributed by atoms with E-state index in [4.69, 9.17) is 9.47 Å². The van der Waals surface area contributed by atoms with Gasteiger partial charge in [0.15, 0.2) is 5.13 Å². The topological polar surface area (TPSA) is 92.8 Å². The standard InChI is InChI=1S/C25H36N4O4S/c1-24(2,3)15-25(4,5)28-22(31)27-18-13-29(14-19(18)32-6)23-26-12-20(34-23)16-8-10-17(11-9-16)21(30)33-7/h8-12,18-19H,13-15H2,1-7H3,(H2,27,28,31)/t18-,19-/m0/s1. The Morgan fingerprint density at radius 3 is 2.38 bits per heavy atom. The second-order valence-electron chi connectivity index (χ2n) is 10.6. The molecule has 0 bridgehead atoms. The number of nitrogens with one attached hydrogen (secondary N) is 2. The van der Waals surface area contributed by atoms with Crippen LogP contribution in [0.25, 0.3) is 10.4 Å². The van der Waals surface area contributed by atoms with E-state index in [0.29, 0.717) is 18.7 Å². The van der Waals surface area contributed by atoms with Crippen LogP contribution in [0.15, 0.2) is 30.5 Å². The van der Waals surface area contributed by atoms with E-state index < -0.39 is 0 Å². The number of ether oxygens (including phenoxy) is 2. The van der Waals surface area contributed by atoms with Gasteiger partial charge in [-0.1, -0.05) is 44.2 Å². The number of anilines is 1. The normalized spacial score (nSPS) is 18.6. The number of hydrogen-bond donors (Lipinski definition) is 2. The van der Waals surface area contributed by atoms with Crippen LogP contribution < -0.4 is 15.5 Å². The molecule has 3 rings (SSSR count). The van der Waals surface area contributed by atoms with Crippen molar-refractivity contribution < 1.29 is 19.1 Å². The van der Waals surface area contributed by atoms with Crippen molar-refractivity contribution in [1.82, 2.24) is 15.6 Å². The lowest BCUT2D eigenvalue weighted by molar-refractivity contribution is 0.0600. The number of esters is 1. The highest BCUT2D eigenvalue weighted by atomic mass is 32.1. The molecule has 1 aliphatic heterocycles. The Morgan fingerprint density at radius 2 is 1.79 bits per heavy atom. The maximum atomic E-state index is 12.7. The van der Waals surface area contributed by atoms with E-state index in [9.17, 15) is 9.59 Å². The summed E-state index contributed by atoms with van der Waals surface area (Å²) in [7, 11) is 3.04. The molecule has 0 radical (unpaired) electrons. The molecule has 1 fully saturated rings. The van der Waals surface area contributed by atoms with E-state index in [1.54, 1.807) is 30.6 Å². The number of carbonyl (C=O) groups is 2. The molecule has 0 unspecified atom stereocenters. The lowest BCUT2D eigenvalue weighted by Crippen LogP contribution is -2.54. The molecule has 1 aromatic heterocycles. The van der Waals surface area contributed by atoms with Crippen molar-refractivity contribution in [3.63, 3.8) is 0 Å². The summed E-state index contributed by atoms with van der Waals surface area (Å²) in [4.78, 5) is 32.1. The molecule has 0 saturated carbocycles. The Kier molecular flexibility index (Phi) is 7.88. The third-order valence-electron chi connectivity index (χ3n) is 5.66. The van der Waals surface area contributed by atoms with Gasteiger partial charge in [-0.05, 0) is 43.4 Å². The lowest BCUT2D eigenvalue weighted by atomic mass is 9.82. The molecular formula is C25H36N4O4S. The second-order valence-corrected chi connectivity index (χ2v) is 11.6. The third-order valence-corrected chi connectivity index (χ3v) is 6.77. The van der Waals surface area contributed by atoms with Crippen molar-refractivity contribution in [1.29, 1.82) is 0 Å². The van der Waals surface area contributed by atoms with Gasteiger partial charge in [0.05, 0.1) is 29.7 Å². The summed E-state index contributed by atoms with van der Waals surface area (Å²) in [6, 6.07) is 6.93. The molecule has 34 heavy (non-hydrogen) atoms. The first-order valence-corrected chi connectivity index (χ1v) is 12.2. The molecule has 8 nitrogen and oxygen atoms in total. The number of urea groups is 1. The van der Waals surface area contributed by atoms with Gasteiger partial charge in [-0.2, -0.15) is 0 Å². The first kappa shape index (κ1) is 26.0. The summed E-state index contributed by atoms with van der Waals surface area (Å²) in [5.74, 6) is -0.358. The smallest absolute Gasteiger partial charge is 0.337 e. The number of carbonyl (C=O) groups excluding carboxylic acids is 2. The number of amides is 2. The van der Waals surface area contributed by atoms with Gasteiger partial charge in [0.2, 0.25) is 0 Å². The van der Waals surface area contributed by atoms with Crippen LogP contribution in [-0.2, 0) is 9.47 Å². The SMILES string of the molecule is COC(=O)c1ccc(-c2cnc(N3C[C@H](NC(=O)NC(C)(C)CC(C)(C)C)[C@@H](OC)C3)s2)cc1. The highest BCUT2D eigenvalue weighted by Gasteiger charge is 2.36. The second kappa shape index (κ2) is 10.3. The predicted octanol–water partition coefficient (Wildman–Crippen LogP) is 4.31. The molecule has 2 atom stereocenters. The van der Waals surface area contributed by atoms with Gasteiger partial charge in [0.1, 0.15) is 0 Å². The van der Waals surface area contributed by atoms with Gasteiger partial charge in [0, 0.05) is 31.9 Å². The lowest BCUT2D eigenvalue weighted by Gasteiger charge is -2.34. The van der Waals surface area contributed by atoms with Crippen LogP contribution in [0.5, 0.6) is 0 Å². The van der Waals surface area contributed by atoms with E-state index in [2.05, 4.69) is 41.3 Å². The number of benzene rings is 1. The zero-order chi connectivity index (χ0) is 25.1. The summed E-state index contributed by atoms with van der Waals surface area (Å²) in [5.41, 5.74) is 1.28. The highest BCUT2D eigenvalue weighted by Crippen LogP contribution is 2.33. The molecule has 0 spiro atoms. The number of nitrogens with zero attached hydrogens (tertiary/aromatic N) is 2. The fourth-order valence-electron chi connectivity index (χ4n) is 4.62. The fraction of sp³-hybridized carbons (Fsp3) is 0.560. The van der Waals surface area contributed by atoms with Crippen molar-refractivity contribution in [2.75, 3.05) is 32.2 Å². The zero-order valence-electron chi connectivity index (χ0n) is 21.1. The molecule has 0 aliphatic carbocycles. The van der Waals surface area contributed by atoms with Crippen molar-refractivity contribution >= 4 is 28.5 Å². The van der Waals surface area contributed by atoms with Crippen molar-refractivity contribution in [3.05, 3.63) is 36.0 Å². The van der Waals surface area contributed by atoms with Gasteiger partial charge >= 0.3 is 12.0 Å². The maximum Gasteiger partial charge on any atom is 0.337 e. The fourth-order valence-corrected chi connectivity index (χ4v) is 5.56. The van der Waals surface area contributed by atoms with Gasteiger partial charge in [-0.15, -0.1) is 0 Å². The number of rotatable bonds is 7. The van der Waals surface area contributed by atoms with E-state index in [1.807, 2.05) is 32.2 Å². The van der Waals surface area contributed by atoms with Crippen LogP contribution in [0.2, 0.25) is 0 Å². The van der Waals surface area contributed by atoms with Gasteiger partial charge in [-0.3, -0.25) is 0 Å². The molecule has 9 heteroatoms. The van der Waals surface area contributed by atoms with E-state index in [1.165, 1.54) is 7.11 Å². The van der Waals surface area contributed by atoms with Crippen LogP contribution >= 0.6 is 11.3 Å². The summed E-state index contributed by atoms with van der Waals surface area (Å²) in [5, 5.41) is 7.08. The summed E-state index contributed by atoms with van der Waals surface area (Å²) in [6.45, 7) is 11.8. The Morgan fingerprint density at radius 1 is 1.12 bits per heavy atom. The highest BCUT2D eigenvalue weighted by molar-refractivity contribution is 7.18. The van der Waals surface area contributed by atoms with Gasteiger partial charge in [-0.25, -0.2) is 14.6 Å². The maximum absolute atomic E-state index is 12.7. The molecule has 1 aliphatic rings. The minimum absolute atomic E-state index is 0.109. The molecule has 1 aromatic carbocycles. The molecule has 2 heterocycles. The van der Waals surface area contributed by atoms with Crippen molar-refractivity contribution in [2.45, 2.75) is 58.7 Å². The molecule has 1 saturated heterocycles. The average Bonchev–Trinajstić information content (AvgIpc) is 3.38. The van der Waals surface area contributed by atoms with Crippen molar-refractivity contribution in [3.8, 4) is 10.4 Å². The largest absolute Gasteiger partial charge is 0.465 e. The predicted molar refractivity (Wildman–Crippen MR) is 136 cm³/mol. The molecular weight excluding hydrogens is 452 g/mol. The number of thiazole rings is 1. The number of aromatic nitrogens is 1. The van der Waals surface area contributed by atoms with Gasteiger partial charge in [0.25, 0.3) is 0 Å². The Bertz CT molecular complexity index is 997. The quantitative estimate of drug-likeness (QED) is 0.564. The first-order chi connectivity index (χ1) is 15.9. The Balaban J connectivity index is 1.64. The molecule has 186 valence electrons. The summed E-state index contributed by atoms with van der Waals surface area (Å²) < 4.78 is 10.4. The average molecular weight is 489 g/mol. The van der Waals surface area contributed by atoms with Crippen LogP contribution in [0, 0.1) is 5.41 Å². The van der Waals surface area contributed by atoms with Crippen LogP contribution in [-0.4, -0.2) is 62.0 Å². The molecule has 2 aromatic rings. The number of methoxy groups -OCH3 is 2. The first-order valence-electron chi connectivity index (χ1n) is 11.4. The Labute approximate surface area is 206 Å². The minimum atomic E-state index is -0.358. The summed E-state index contributed by atoms with van der Waals surface area (Å²) in [6.07, 6.45) is 2.56. The van der Waals surface area contributed by atoms with Crippen LogP contribution in [0.3, 0.4) is 0 Å².